The standard InChI is InChI=1S/C16H16FNO3S/c1-20-13-7-12(8-14(9-13)21-2)18-16(19)10-22-15-5-3-11(17)4-6-15/h3-9H,10H2,1-2H3,(H,18,19). The van der Waals surface area contributed by atoms with Crippen LogP contribution in [0.25, 0.3) is 0 Å². The summed E-state index contributed by atoms with van der Waals surface area (Å²) < 4.78 is 23.1. The molecule has 2 aromatic rings. The molecule has 0 spiro atoms. The summed E-state index contributed by atoms with van der Waals surface area (Å²) in [5.41, 5.74) is 0.598. The summed E-state index contributed by atoms with van der Waals surface area (Å²) in [5.74, 6) is 0.967. The first-order valence-electron chi connectivity index (χ1n) is 6.52. The Labute approximate surface area is 132 Å². The minimum atomic E-state index is -0.294. The van der Waals surface area contributed by atoms with Crippen molar-refractivity contribution in [1.82, 2.24) is 0 Å². The summed E-state index contributed by atoms with van der Waals surface area (Å²) >= 11 is 1.34. The molecule has 2 rings (SSSR count). The highest BCUT2D eigenvalue weighted by atomic mass is 32.2. The van der Waals surface area contributed by atoms with Crippen molar-refractivity contribution in [1.29, 1.82) is 0 Å². The largest absolute Gasteiger partial charge is 0.497 e. The van der Waals surface area contributed by atoms with Crippen LogP contribution in [0.3, 0.4) is 0 Å². The van der Waals surface area contributed by atoms with Crippen LogP contribution in [0, 0.1) is 5.82 Å². The Hall–Kier alpha value is -2.21. The van der Waals surface area contributed by atoms with E-state index < -0.39 is 0 Å². The number of ether oxygens (including phenoxy) is 2. The molecule has 6 heteroatoms. The van der Waals surface area contributed by atoms with Crippen LogP contribution < -0.4 is 14.8 Å². The van der Waals surface area contributed by atoms with E-state index in [1.54, 1.807) is 44.6 Å². The maximum atomic E-state index is 12.8. The molecule has 0 aromatic heterocycles. The minimum Gasteiger partial charge on any atom is -0.497 e. The number of nitrogens with one attached hydrogen (secondary N) is 1. The number of amides is 1. The van der Waals surface area contributed by atoms with Gasteiger partial charge in [-0.1, -0.05) is 0 Å². The average molecular weight is 321 g/mol. The van der Waals surface area contributed by atoms with Crippen LogP contribution in [-0.4, -0.2) is 25.9 Å². The molecule has 0 atom stereocenters. The number of benzene rings is 2. The Morgan fingerprint density at radius 1 is 1.09 bits per heavy atom. The normalized spacial score (nSPS) is 10.1. The SMILES string of the molecule is COc1cc(NC(=O)CSc2ccc(F)cc2)cc(OC)c1. The number of hydrogen-bond donors (Lipinski definition) is 1. The molecule has 22 heavy (non-hydrogen) atoms. The molecule has 0 aliphatic rings. The van der Waals surface area contributed by atoms with Crippen LogP contribution in [0.2, 0.25) is 0 Å². The van der Waals surface area contributed by atoms with E-state index in [0.717, 1.165) is 4.90 Å². The first-order chi connectivity index (χ1) is 10.6. The van der Waals surface area contributed by atoms with Gasteiger partial charge in [-0.3, -0.25) is 4.79 Å². The van der Waals surface area contributed by atoms with Gasteiger partial charge in [-0.15, -0.1) is 11.8 Å². The molecule has 1 N–H and O–H groups in total. The quantitative estimate of drug-likeness (QED) is 0.826. The molecule has 0 saturated carbocycles. The molecular formula is C16H16FNO3S. The topological polar surface area (TPSA) is 47.6 Å². The van der Waals surface area contributed by atoms with E-state index in [0.29, 0.717) is 17.2 Å². The number of methoxy groups -OCH3 is 2. The second kappa shape index (κ2) is 7.70. The smallest absolute Gasteiger partial charge is 0.234 e. The highest BCUT2D eigenvalue weighted by Crippen LogP contribution is 2.26. The molecule has 4 nitrogen and oxygen atoms in total. The summed E-state index contributed by atoms with van der Waals surface area (Å²) in [7, 11) is 3.09. The molecule has 116 valence electrons. The van der Waals surface area contributed by atoms with Gasteiger partial charge in [-0.25, -0.2) is 4.39 Å². The fourth-order valence-electron chi connectivity index (χ4n) is 1.76. The first-order valence-corrected chi connectivity index (χ1v) is 7.50. The zero-order chi connectivity index (χ0) is 15.9. The number of carbonyl (C=O) groups is 1. The van der Waals surface area contributed by atoms with Gasteiger partial charge in [0.2, 0.25) is 5.91 Å². The lowest BCUT2D eigenvalue weighted by molar-refractivity contribution is -0.113. The van der Waals surface area contributed by atoms with E-state index in [9.17, 15) is 9.18 Å². The number of rotatable bonds is 6. The van der Waals surface area contributed by atoms with Crippen molar-refractivity contribution in [2.24, 2.45) is 0 Å². The van der Waals surface area contributed by atoms with Gasteiger partial charge in [-0.2, -0.15) is 0 Å². The number of halogens is 1. The van der Waals surface area contributed by atoms with E-state index in [1.165, 1.54) is 23.9 Å². The number of thioether (sulfide) groups is 1. The predicted octanol–water partition coefficient (Wildman–Crippen LogP) is 3.57. The van der Waals surface area contributed by atoms with Gasteiger partial charge in [0.1, 0.15) is 17.3 Å². The van der Waals surface area contributed by atoms with Crippen LogP contribution in [-0.2, 0) is 4.79 Å². The third-order valence-electron chi connectivity index (χ3n) is 2.82. The molecule has 0 radical (unpaired) electrons. The maximum absolute atomic E-state index is 12.8. The van der Waals surface area contributed by atoms with Crippen molar-refractivity contribution >= 4 is 23.4 Å². The van der Waals surface area contributed by atoms with Gasteiger partial charge in [-0.05, 0) is 24.3 Å². The Balaban J connectivity index is 1.95. The first kappa shape index (κ1) is 16.2. The molecule has 0 fully saturated rings. The number of hydrogen-bond acceptors (Lipinski definition) is 4. The van der Waals surface area contributed by atoms with Gasteiger partial charge >= 0.3 is 0 Å². The Bertz CT molecular complexity index is 624. The molecule has 2 aromatic carbocycles. The third-order valence-corrected chi connectivity index (χ3v) is 3.83. The van der Waals surface area contributed by atoms with E-state index in [1.807, 2.05) is 0 Å². The van der Waals surface area contributed by atoms with Crippen molar-refractivity contribution in [3.8, 4) is 11.5 Å². The van der Waals surface area contributed by atoms with Crippen molar-refractivity contribution in [2.45, 2.75) is 4.90 Å². The molecule has 0 saturated heterocycles. The summed E-state index contributed by atoms with van der Waals surface area (Å²) in [5, 5.41) is 2.78. The van der Waals surface area contributed by atoms with Crippen molar-refractivity contribution in [3.63, 3.8) is 0 Å². The fraction of sp³-hybridized carbons (Fsp3) is 0.188. The minimum absolute atomic E-state index is 0.162. The number of anilines is 1. The van der Waals surface area contributed by atoms with Crippen LogP contribution >= 0.6 is 11.8 Å². The zero-order valence-electron chi connectivity index (χ0n) is 12.3. The van der Waals surface area contributed by atoms with E-state index >= 15 is 0 Å². The average Bonchev–Trinajstić information content (AvgIpc) is 2.54. The fourth-order valence-corrected chi connectivity index (χ4v) is 2.45. The second-order valence-corrected chi connectivity index (χ2v) is 5.44. The summed E-state index contributed by atoms with van der Waals surface area (Å²) in [6, 6.07) is 11.2. The van der Waals surface area contributed by atoms with Crippen LogP contribution in [0.1, 0.15) is 0 Å². The van der Waals surface area contributed by atoms with Gasteiger partial charge in [0, 0.05) is 28.8 Å². The summed E-state index contributed by atoms with van der Waals surface area (Å²) in [4.78, 5) is 12.8. The van der Waals surface area contributed by atoms with Gasteiger partial charge in [0.25, 0.3) is 0 Å². The van der Waals surface area contributed by atoms with Crippen molar-refractivity contribution < 1.29 is 18.7 Å². The van der Waals surface area contributed by atoms with E-state index in [2.05, 4.69) is 5.32 Å². The predicted molar refractivity (Wildman–Crippen MR) is 85.3 cm³/mol. The van der Waals surface area contributed by atoms with E-state index in [4.69, 9.17) is 9.47 Å². The van der Waals surface area contributed by atoms with Crippen LogP contribution in [0.5, 0.6) is 11.5 Å². The van der Waals surface area contributed by atoms with Crippen LogP contribution in [0.15, 0.2) is 47.4 Å². The second-order valence-electron chi connectivity index (χ2n) is 4.39. The molecule has 0 unspecified atom stereocenters. The zero-order valence-corrected chi connectivity index (χ0v) is 13.1. The number of carbonyl (C=O) groups excluding carboxylic acids is 1. The Kier molecular flexibility index (Phi) is 5.66. The maximum Gasteiger partial charge on any atom is 0.234 e. The Morgan fingerprint density at radius 2 is 1.68 bits per heavy atom. The molecular weight excluding hydrogens is 305 g/mol. The molecule has 0 heterocycles. The lowest BCUT2D eigenvalue weighted by Crippen LogP contribution is -2.14. The van der Waals surface area contributed by atoms with Crippen LogP contribution in [0.4, 0.5) is 10.1 Å². The lowest BCUT2D eigenvalue weighted by atomic mass is 10.2. The molecule has 0 aliphatic heterocycles. The van der Waals surface area contributed by atoms with Gasteiger partial charge < -0.3 is 14.8 Å². The lowest BCUT2D eigenvalue weighted by Gasteiger charge is -2.09. The van der Waals surface area contributed by atoms with Gasteiger partial charge in [0.15, 0.2) is 0 Å². The molecule has 1 amide bonds. The highest BCUT2D eigenvalue weighted by Gasteiger charge is 2.07. The Morgan fingerprint density at radius 3 is 2.23 bits per heavy atom. The van der Waals surface area contributed by atoms with Crippen molar-refractivity contribution in [3.05, 3.63) is 48.3 Å². The monoisotopic (exact) mass is 321 g/mol. The molecule has 0 aliphatic carbocycles. The highest BCUT2D eigenvalue weighted by molar-refractivity contribution is 8.00. The summed E-state index contributed by atoms with van der Waals surface area (Å²) in [6.07, 6.45) is 0. The van der Waals surface area contributed by atoms with Gasteiger partial charge in [0.05, 0.1) is 20.0 Å². The van der Waals surface area contributed by atoms with E-state index in [-0.39, 0.29) is 17.5 Å². The molecule has 0 bridgehead atoms. The summed E-state index contributed by atoms with van der Waals surface area (Å²) in [6.45, 7) is 0. The third kappa shape index (κ3) is 4.66. The van der Waals surface area contributed by atoms with Crippen molar-refractivity contribution in [2.75, 3.05) is 25.3 Å².